The van der Waals surface area contributed by atoms with Crippen LogP contribution in [0.3, 0.4) is 0 Å². The SMILES string of the molecule is C[Si](C)(C)CCOCN(COCC[Si](C)(C)C)c1cc(C2CCS(=O)(=O)CC2)nc2c(-c3cnccc3-c3ccccc3)cnn12. The van der Waals surface area contributed by atoms with Crippen LogP contribution in [0.5, 0.6) is 0 Å². The molecule has 248 valence electrons. The maximum absolute atomic E-state index is 12.3. The Morgan fingerprint density at radius 3 is 2.09 bits per heavy atom. The number of nitrogens with zero attached hydrogens (tertiary/aromatic N) is 5. The van der Waals surface area contributed by atoms with Gasteiger partial charge < -0.3 is 14.4 Å². The van der Waals surface area contributed by atoms with Crippen LogP contribution in [0.2, 0.25) is 51.4 Å². The average Bonchev–Trinajstić information content (AvgIpc) is 3.43. The van der Waals surface area contributed by atoms with E-state index in [1.54, 1.807) is 0 Å². The molecule has 0 spiro atoms. The van der Waals surface area contributed by atoms with Gasteiger partial charge >= 0.3 is 0 Å². The van der Waals surface area contributed by atoms with Crippen molar-refractivity contribution >= 4 is 37.5 Å². The fourth-order valence-electron chi connectivity index (χ4n) is 5.53. The third kappa shape index (κ3) is 9.12. The number of hydrogen-bond acceptors (Lipinski definition) is 8. The average molecular weight is 680 g/mol. The lowest BCUT2D eigenvalue weighted by atomic mass is 9.97. The summed E-state index contributed by atoms with van der Waals surface area (Å²) in [5.74, 6) is 1.21. The number of ether oxygens (including phenoxy) is 2. The van der Waals surface area contributed by atoms with Crippen molar-refractivity contribution in [2.24, 2.45) is 0 Å². The summed E-state index contributed by atoms with van der Waals surface area (Å²) in [6, 6.07) is 16.5. The van der Waals surface area contributed by atoms with Crippen molar-refractivity contribution in [1.29, 1.82) is 0 Å². The standard InChI is InChI=1S/C34H49N5O4SSi2/c1-45(2,3)20-16-42-25-38(26-43-17-21-46(4,5)6)33-22-32(28-13-18-44(40,41)19-14-28)37-34-31(24-36-39(33)34)30-23-35-15-12-29(30)27-10-8-7-9-11-27/h7-12,15,22-24,28H,13-14,16-21,25-26H2,1-6H3. The van der Waals surface area contributed by atoms with Crippen LogP contribution in [0, 0.1) is 0 Å². The molecule has 0 unspecified atom stereocenters. The van der Waals surface area contributed by atoms with Crippen LogP contribution in [-0.4, -0.2) is 82.3 Å². The third-order valence-corrected chi connectivity index (χ3v) is 13.6. The Morgan fingerprint density at radius 1 is 0.848 bits per heavy atom. The molecule has 0 N–H and O–H groups in total. The van der Waals surface area contributed by atoms with E-state index in [0.29, 0.717) is 45.2 Å². The first-order valence-electron chi connectivity index (χ1n) is 16.3. The summed E-state index contributed by atoms with van der Waals surface area (Å²) in [5, 5.41) is 4.89. The molecule has 12 heteroatoms. The highest BCUT2D eigenvalue weighted by molar-refractivity contribution is 7.91. The van der Waals surface area contributed by atoms with Crippen LogP contribution in [0.4, 0.5) is 5.82 Å². The molecule has 0 aliphatic carbocycles. The summed E-state index contributed by atoms with van der Waals surface area (Å²) in [6.45, 7) is 16.2. The highest BCUT2D eigenvalue weighted by Gasteiger charge is 2.28. The predicted octanol–water partition coefficient (Wildman–Crippen LogP) is 7.18. The monoisotopic (exact) mass is 679 g/mol. The molecule has 1 aromatic carbocycles. The number of fused-ring (bicyclic) bond motifs is 1. The first-order chi connectivity index (χ1) is 21.8. The van der Waals surface area contributed by atoms with Crippen molar-refractivity contribution in [3.05, 3.63) is 66.7 Å². The Morgan fingerprint density at radius 2 is 1.48 bits per heavy atom. The van der Waals surface area contributed by atoms with Gasteiger partial charge in [0.2, 0.25) is 0 Å². The van der Waals surface area contributed by atoms with Gasteiger partial charge in [-0.3, -0.25) is 4.98 Å². The van der Waals surface area contributed by atoms with E-state index in [2.05, 4.69) is 67.4 Å². The zero-order valence-corrected chi connectivity index (χ0v) is 31.0. The number of aromatic nitrogens is 4. The fraction of sp³-hybridized carbons (Fsp3) is 0.500. The molecule has 4 aromatic rings. The van der Waals surface area contributed by atoms with Crippen LogP contribution in [0.15, 0.2) is 61.1 Å². The molecule has 1 aliphatic rings. The lowest BCUT2D eigenvalue weighted by Gasteiger charge is -2.28. The first-order valence-corrected chi connectivity index (χ1v) is 25.5. The predicted molar refractivity (Wildman–Crippen MR) is 193 cm³/mol. The molecule has 0 radical (unpaired) electrons. The minimum atomic E-state index is -3.02. The van der Waals surface area contributed by atoms with Gasteiger partial charge in [-0.2, -0.15) is 9.61 Å². The summed E-state index contributed by atoms with van der Waals surface area (Å²) in [7, 11) is -5.56. The molecule has 0 amide bonds. The van der Waals surface area contributed by atoms with Crippen molar-refractivity contribution in [2.45, 2.75) is 70.1 Å². The second kappa shape index (κ2) is 14.5. The van der Waals surface area contributed by atoms with E-state index in [0.717, 1.165) is 45.9 Å². The number of sulfone groups is 1. The van der Waals surface area contributed by atoms with Crippen molar-refractivity contribution in [1.82, 2.24) is 19.6 Å². The molecule has 0 bridgehead atoms. The van der Waals surface area contributed by atoms with E-state index < -0.39 is 26.0 Å². The molecule has 9 nitrogen and oxygen atoms in total. The molecular formula is C34H49N5O4SSi2. The number of rotatable bonds is 14. The number of anilines is 1. The van der Waals surface area contributed by atoms with Crippen molar-refractivity contribution in [3.8, 4) is 22.3 Å². The number of pyridine rings is 1. The minimum absolute atomic E-state index is 0.0278. The molecule has 3 aromatic heterocycles. The van der Waals surface area contributed by atoms with E-state index in [1.165, 1.54) is 0 Å². The second-order valence-corrected chi connectivity index (χ2v) is 28.3. The first kappa shape index (κ1) is 34.4. The quantitative estimate of drug-likeness (QED) is 0.0786. The molecule has 1 aliphatic heterocycles. The van der Waals surface area contributed by atoms with Gasteiger partial charge in [0.25, 0.3) is 0 Å². The van der Waals surface area contributed by atoms with Gasteiger partial charge in [0, 0.05) is 70.6 Å². The van der Waals surface area contributed by atoms with Crippen LogP contribution >= 0.6 is 0 Å². The smallest absolute Gasteiger partial charge is 0.165 e. The zero-order chi connectivity index (χ0) is 33.0. The Hall–Kier alpha value is -2.91. The highest BCUT2D eigenvalue weighted by atomic mass is 32.2. The van der Waals surface area contributed by atoms with Crippen LogP contribution in [0.1, 0.15) is 24.5 Å². The summed E-state index contributed by atoms with van der Waals surface area (Å²) in [5.41, 5.74) is 5.52. The van der Waals surface area contributed by atoms with Crippen LogP contribution < -0.4 is 4.90 Å². The van der Waals surface area contributed by atoms with Crippen LogP contribution in [-0.2, 0) is 19.3 Å². The minimum Gasteiger partial charge on any atom is -0.361 e. The summed E-state index contributed by atoms with van der Waals surface area (Å²) in [4.78, 5) is 11.8. The van der Waals surface area contributed by atoms with Crippen molar-refractivity contribution in [3.63, 3.8) is 0 Å². The van der Waals surface area contributed by atoms with Crippen molar-refractivity contribution < 1.29 is 17.9 Å². The molecular weight excluding hydrogens is 631 g/mol. The van der Waals surface area contributed by atoms with Gasteiger partial charge in [-0.05, 0) is 42.1 Å². The van der Waals surface area contributed by atoms with Gasteiger partial charge in [-0.1, -0.05) is 69.6 Å². The summed E-state index contributed by atoms with van der Waals surface area (Å²) < 4.78 is 39.1. The molecule has 5 rings (SSSR count). The Kier molecular flexibility index (Phi) is 10.8. The number of benzene rings is 1. The number of hydrogen-bond donors (Lipinski definition) is 0. The second-order valence-electron chi connectivity index (χ2n) is 14.8. The largest absolute Gasteiger partial charge is 0.361 e. The molecule has 1 saturated heterocycles. The normalized spacial score (nSPS) is 15.8. The zero-order valence-electron chi connectivity index (χ0n) is 28.2. The van der Waals surface area contributed by atoms with Crippen molar-refractivity contribution in [2.75, 3.05) is 43.1 Å². The lowest BCUT2D eigenvalue weighted by Crippen LogP contribution is -2.33. The van der Waals surface area contributed by atoms with Gasteiger partial charge in [0.1, 0.15) is 29.1 Å². The van der Waals surface area contributed by atoms with E-state index in [9.17, 15) is 8.42 Å². The maximum Gasteiger partial charge on any atom is 0.165 e. The van der Waals surface area contributed by atoms with Crippen LogP contribution in [0.25, 0.3) is 27.9 Å². The molecule has 1 fully saturated rings. The Balaban J connectivity index is 1.58. The van der Waals surface area contributed by atoms with E-state index in [4.69, 9.17) is 19.6 Å². The van der Waals surface area contributed by atoms with Gasteiger partial charge in [0.05, 0.1) is 17.7 Å². The van der Waals surface area contributed by atoms with E-state index in [1.807, 2.05) is 47.4 Å². The van der Waals surface area contributed by atoms with Gasteiger partial charge in [-0.15, -0.1) is 0 Å². The highest BCUT2D eigenvalue weighted by Crippen LogP contribution is 2.37. The molecule has 0 atom stereocenters. The molecule has 46 heavy (non-hydrogen) atoms. The Bertz CT molecular complexity index is 1680. The summed E-state index contributed by atoms with van der Waals surface area (Å²) >= 11 is 0. The fourth-order valence-corrected chi connectivity index (χ4v) is 8.53. The maximum atomic E-state index is 12.3. The van der Waals surface area contributed by atoms with E-state index >= 15 is 0 Å². The van der Waals surface area contributed by atoms with Gasteiger partial charge in [0.15, 0.2) is 5.65 Å². The van der Waals surface area contributed by atoms with E-state index in [-0.39, 0.29) is 17.4 Å². The lowest BCUT2D eigenvalue weighted by molar-refractivity contribution is 0.0942. The molecule has 0 saturated carbocycles. The summed E-state index contributed by atoms with van der Waals surface area (Å²) in [6.07, 6.45) is 6.64. The Labute approximate surface area is 276 Å². The van der Waals surface area contributed by atoms with Gasteiger partial charge in [-0.25, -0.2) is 13.4 Å². The third-order valence-electron chi connectivity index (χ3n) is 8.45. The topological polar surface area (TPSA) is 98.9 Å². The molecule has 4 heterocycles.